The lowest BCUT2D eigenvalue weighted by atomic mass is 9.99. The second-order valence-corrected chi connectivity index (χ2v) is 4.56. The third kappa shape index (κ3) is 2.15. The summed E-state index contributed by atoms with van der Waals surface area (Å²) in [6.07, 6.45) is 0. The van der Waals surface area contributed by atoms with Crippen LogP contribution < -0.4 is 0 Å². The van der Waals surface area contributed by atoms with Gasteiger partial charge in [0.25, 0.3) is 0 Å². The zero-order valence-electron chi connectivity index (χ0n) is 8.87. The molecule has 0 radical (unpaired) electrons. The van der Waals surface area contributed by atoms with Crippen molar-refractivity contribution >= 4 is 15.9 Å². The normalized spacial score (nSPS) is 9.81. The maximum atomic E-state index is 8.80. The molecule has 0 saturated heterocycles. The molecule has 0 aromatic heterocycles. The van der Waals surface area contributed by atoms with Crippen LogP contribution >= 0.6 is 15.9 Å². The molecule has 16 heavy (non-hydrogen) atoms. The Kier molecular flexibility index (Phi) is 3.07. The molecule has 0 fully saturated rings. The molecule has 0 aliphatic heterocycles. The summed E-state index contributed by atoms with van der Waals surface area (Å²) in [5.41, 5.74) is 4.18. The van der Waals surface area contributed by atoms with Gasteiger partial charge in [0.2, 0.25) is 0 Å². The molecule has 78 valence electrons. The molecule has 0 unspecified atom stereocenters. The van der Waals surface area contributed by atoms with Crippen molar-refractivity contribution < 1.29 is 0 Å². The number of halogens is 1. The average Bonchev–Trinajstić information content (AvgIpc) is 2.30. The van der Waals surface area contributed by atoms with E-state index in [1.165, 1.54) is 11.1 Å². The molecular weight excluding hydrogens is 262 g/mol. The molecule has 0 aliphatic rings. The fourth-order valence-electron chi connectivity index (χ4n) is 1.69. The minimum absolute atomic E-state index is 0.707. The molecule has 0 amide bonds. The predicted molar refractivity (Wildman–Crippen MR) is 69.0 cm³/mol. The zero-order chi connectivity index (χ0) is 11.5. The Labute approximate surface area is 103 Å². The molecule has 0 spiro atoms. The lowest BCUT2D eigenvalue weighted by Crippen LogP contribution is -1.84. The van der Waals surface area contributed by atoms with E-state index in [0.29, 0.717) is 5.56 Å². The summed E-state index contributed by atoms with van der Waals surface area (Å²) in [7, 11) is 0. The van der Waals surface area contributed by atoms with Gasteiger partial charge in [0, 0.05) is 4.47 Å². The summed E-state index contributed by atoms with van der Waals surface area (Å²) in [5.74, 6) is 0. The number of aryl methyl sites for hydroxylation is 1. The van der Waals surface area contributed by atoms with Gasteiger partial charge in [0.15, 0.2) is 0 Å². The van der Waals surface area contributed by atoms with Gasteiger partial charge in [-0.1, -0.05) is 34.1 Å². The van der Waals surface area contributed by atoms with Crippen molar-refractivity contribution in [3.63, 3.8) is 0 Å². The number of rotatable bonds is 1. The van der Waals surface area contributed by atoms with Gasteiger partial charge >= 0.3 is 0 Å². The molecule has 0 heterocycles. The van der Waals surface area contributed by atoms with Crippen LogP contribution in [0, 0.1) is 18.3 Å². The second-order valence-electron chi connectivity index (χ2n) is 3.65. The largest absolute Gasteiger partial charge is 0.192 e. The molecule has 2 aromatic rings. The first kappa shape index (κ1) is 10.9. The van der Waals surface area contributed by atoms with Crippen molar-refractivity contribution in [2.45, 2.75) is 6.92 Å². The number of nitriles is 1. The van der Waals surface area contributed by atoms with Crippen LogP contribution in [0.2, 0.25) is 0 Å². The highest BCUT2D eigenvalue weighted by molar-refractivity contribution is 9.10. The van der Waals surface area contributed by atoms with E-state index in [0.717, 1.165) is 10.0 Å². The van der Waals surface area contributed by atoms with E-state index in [1.807, 2.05) is 37.3 Å². The van der Waals surface area contributed by atoms with E-state index in [2.05, 4.69) is 34.1 Å². The molecular formula is C14H10BrN. The van der Waals surface area contributed by atoms with E-state index >= 15 is 0 Å². The zero-order valence-corrected chi connectivity index (χ0v) is 10.5. The fourth-order valence-corrected chi connectivity index (χ4v) is 1.95. The van der Waals surface area contributed by atoms with Crippen molar-refractivity contribution in [1.29, 1.82) is 5.26 Å². The van der Waals surface area contributed by atoms with Crippen LogP contribution in [-0.4, -0.2) is 0 Å². The van der Waals surface area contributed by atoms with Gasteiger partial charge in [-0.3, -0.25) is 0 Å². The van der Waals surface area contributed by atoms with Crippen molar-refractivity contribution in [2.24, 2.45) is 0 Å². The quantitative estimate of drug-likeness (QED) is 0.759. The van der Waals surface area contributed by atoms with Gasteiger partial charge in [-0.15, -0.1) is 0 Å². The summed E-state index contributed by atoms with van der Waals surface area (Å²) in [6.45, 7) is 2.03. The third-order valence-corrected chi connectivity index (χ3v) is 3.04. The van der Waals surface area contributed by atoms with Gasteiger partial charge in [0.1, 0.15) is 0 Å². The van der Waals surface area contributed by atoms with Crippen LogP contribution in [0.25, 0.3) is 11.1 Å². The minimum atomic E-state index is 0.707. The third-order valence-electron chi connectivity index (χ3n) is 2.51. The van der Waals surface area contributed by atoms with Gasteiger partial charge in [-0.05, 0) is 47.9 Å². The van der Waals surface area contributed by atoms with Crippen LogP contribution in [0.1, 0.15) is 11.1 Å². The maximum absolute atomic E-state index is 8.80. The predicted octanol–water partition coefficient (Wildman–Crippen LogP) is 4.30. The van der Waals surface area contributed by atoms with Crippen LogP contribution in [0.4, 0.5) is 0 Å². The Morgan fingerprint density at radius 3 is 2.31 bits per heavy atom. The molecule has 0 aliphatic carbocycles. The Hall–Kier alpha value is -1.59. The number of benzene rings is 2. The smallest absolute Gasteiger partial charge is 0.0991 e. The average molecular weight is 272 g/mol. The SMILES string of the molecule is Cc1cc(C#N)ccc1-c1ccc(Br)cc1. The minimum Gasteiger partial charge on any atom is -0.192 e. The molecule has 0 atom stereocenters. The van der Waals surface area contributed by atoms with Crippen molar-refractivity contribution in [3.8, 4) is 17.2 Å². The molecule has 2 aromatic carbocycles. The number of hydrogen-bond acceptors (Lipinski definition) is 1. The first-order valence-corrected chi connectivity index (χ1v) is 5.76. The fraction of sp³-hybridized carbons (Fsp3) is 0.0714. The summed E-state index contributed by atoms with van der Waals surface area (Å²) in [5, 5.41) is 8.80. The lowest BCUT2D eigenvalue weighted by Gasteiger charge is -2.06. The molecule has 1 nitrogen and oxygen atoms in total. The first-order valence-electron chi connectivity index (χ1n) is 4.97. The number of nitrogens with zero attached hydrogens (tertiary/aromatic N) is 1. The van der Waals surface area contributed by atoms with Crippen molar-refractivity contribution in [2.75, 3.05) is 0 Å². The van der Waals surface area contributed by atoms with Crippen LogP contribution in [-0.2, 0) is 0 Å². The second kappa shape index (κ2) is 4.51. The molecule has 2 rings (SSSR count). The highest BCUT2D eigenvalue weighted by atomic mass is 79.9. The van der Waals surface area contributed by atoms with Gasteiger partial charge in [0.05, 0.1) is 11.6 Å². The molecule has 0 N–H and O–H groups in total. The van der Waals surface area contributed by atoms with Crippen molar-refractivity contribution in [3.05, 3.63) is 58.1 Å². The maximum Gasteiger partial charge on any atom is 0.0991 e. The van der Waals surface area contributed by atoms with Gasteiger partial charge in [-0.25, -0.2) is 0 Å². The van der Waals surface area contributed by atoms with Gasteiger partial charge < -0.3 is 0 Å². The van der Waals surface area contributed by atoms with Crippen molar-refractivity contribution in [1.82, 2.24) is 0 Å². The van der Waals surface area contributed by atoms with E-state index in [9.17, 15) is 0 Å². The Bertz CT molecular complexity index is 550. The Morgan fingerprint density at radius 2 is 1.75 bits per heavy atom. The lowest BCUT2D eigenvalue weighted by molar-refractivity contribution is 1.41. The summed E-state index contributed by atoms with van der Waals surface area (Å²) in [6, 6.07) is 16.1. The van der Waals surface area contributed by atoms with E-state index in [4.69, 9.17) is 5.26 Å². The summed E-state index contributed by atoms with van der Waals surface area (Å²) < 4.78 is 1.07. The Morgan fingerprint density at radius 1 is 1.06 bits per heavy atom. The van der Waals surface area contributed by atoms with E-state index in [-0.39, 0.29) is 0 Å². The molecule has 0 bridgehead atoms. The highest BCUT2D eigenvalue weighted by Gasteiger charge is 2.02. The van der Waals surface area contributed by atoms with E-state index < -0.39 is 0 Å². The molecule has 0 saturated carbocycles. The monoisotopic (exact) mass is 271 g/mol. The van der Waals surface area contributed by atoms with Crippen LogP contribution in [0.3, 0.4) is 0 Å². The van der Waals surface area contributed by atoms with Crippen LogP contribution in [0.5, 0.6) is 0 Å². The first-order chi connectivity index (χ1) is 7.70. The number of hydrogen-bond donors (Lipinski definition) is 0. The highest BCUT2D eigenvalue weighted by Crippen LogP contribution is 2.25. The molecule has 2 heteroatoms. The van der Waals surface area contributed by atoms with E-state index in [1.54, 1.807) is 0 Å². The standard InChI is InChI=1S/C14H10BrN/c1-10-8-11(9-16)2-7-14(10)12-3-5-13(15)6-4-12/h2-8H,1H3. The Balaban J connectivity index is 2.49. The van der Waals surface area contributed by atoms with Gasteiger partial charge in [-0.2, -0.15) is 5.26 Å². The summed E-state index contributed by atoms with van der Waals surface area (Å²) in [4.78, 5) is 0. The topological polar surface area (TPSA) is 23.8 Å². The van der Waals surface area contributed by atoms with Crippen LogP contribution in [0.15, 0.2) is 46.9 Å². The summed E-state index contributed by atoms with van der Waals surface area (Å²) >= 11 is 3.42.